The highest BCUT2D eigenvalue weighted by Crippen LogP contribution is 2.33. The van der Waals surface area contributed by atoms with Crippen LogP contribution in [0.25, 0.3) is 22.4 Å². The van der Waals surface area contributed by atoms with Gasteiger partial charge >= 0.3 is 0 Å². The highest BCUT2D eigenvalue weighted by molar-refractivity contribution is 7.89. The SMILES string of the molecule is CCCOc1ccc(S(=O)(=O)N2CCN(CCO)CC2)cc1-c1nc2c(CCC)nn(Cc3c(C)noc3C)c2c(=O)[nH]1. The van der Waals surface area contributed by atoms with Crippen molar-refractivity contribution in [3.63, 3.8) is 0 Å². The van der Waals surface area contributed by atoms with Crippen molar-refractivity contribution in [2.45, 2.75) is 58.4 Å². The van der Waals surface area contributed by atoms with Crippen molar-refractivity contribution in [1.82, 2.24) is 34.1 Å². The number of aromatic amines is 1. The number of nitrogens with zero attached hydrogens (tertiary/aromatic N) is 6. The fraction of sp³-hybridized carbons (Fsp3) is 0.517. The summed E-state index contributed by atoms with van der Waals surface area (Å²) in [5, 5.41) is 18.0. The zero-order valence-electron chi connectivity index (χ0n) is 25.1. The van der Waals surface area contributed by atoms with E-state index in [9.17, 15) is 18.3 Å². The number of aromatic nitrogens is 5. The quantitative estimate of drug-likeness (QED) is 0.243. The Morgan fingerprint density at radius 1 is 1.12 bits per heavy atom. The van der Waals surface area contributed by atoms with Crippen molar-refractivity contribution < 1.29 is 22.8 Å². The molecule has 0 unspecified atom stereocenters. The van der Waals surface area contributed by atoms with Crippen LogP contribution in [-0.2, 0) is 23.0 Å². The number of aliphatic hydroxyl groups is 1. The van der Waals surface area contributed by atoms with Gasteiger partial charge in [0.15, 0.2) is 5.52 Å². The summed E-state index contributed by atoms with van der Waals surface area (Å²) in [4.78, 5) is 23.5. The Kier molecular flexibility index (Phi) is 9.30. The number of H-pyrrole nitrogens is 1. The number of piperazine rings is 1. The van der Waals surface area contributed by atoms with Crippen molar-refractivity contribution in [3.05, 3.63) is 51.3 Å². The number of fused-ring (bicyclic) bond motifs is 1. The smallest absolute Gasteiger partial charge is 0.277 e. The van der Waals surface area contributed by atoms with Crippen molar-refractivity contribution in [2.24, 2.45) is 0 Å². The van der Waals surface area contributed by atoms with Gasteiger partial charge in [0.05, 0.1) is 41.6 Å². The number of ether oxygens (including phenoxy) is 1. The summed E-state index contributed by atoms with van der Waals surface area (Å²) in [5.74, 6) is 1.30. The number of aryl methyl sites for hydroxylation is 3. The normalized spacial score (nSPS) is 15.0. The number of hydrogen-bond donors (Lipinski definition) is 2. The van der Waals surface area contributed by atoms with E-state index in [2.05, 4.69) is 10.1 Å². The van der Waals surface area contributed by atoms with Crippen LogP contribution in [0.4, 0.5) is 0 Å². The fourth-order valence-corrected chi connectivity index (χ4v) is 6.80. The third-order valence-electron chi connectivity index (χ3n) is 7.70. The number of sulfonamides is 1. The first-order valence-corrected chi connectivity index (χ1v) is 16.1. The minimum atomic E-state index is -3.83. The molecule has 4 aromatic rings. The molecule has 0 spiro atoms. The summed E-state index contributed by atoms with van der Waals surface area (Å²) in [5.41, 5.74) is 3.03. The van der Waals surface area contributed by atoms with Gasteiger partial charge in [-0.1, -0.05) is 25.4 Å². The minimum absolute atomic E-state index is 0.0313. The van der Waals surface area contributed by atoms with Crippen LogP contribution in [0.5, 0.6) is 5.75 Å². The molecule has 4 heterocycles. The first-order valence-electron chi connectivity index (χ1n) is 14.7. The molecule has 5 rings (SSSR count). The number of hydrogen-bond acceptors (Lipinski definition) is 10. The molecule has 13 nitrogen and oxygen atoms in total. The Morgan fingerprint density at radius 2 is 1.88 bits per heavy atom. The summed E-state index contributed by atoms with van der Waals surface area (Å²) in [6, 6.07) is 4.68. The maximum Gasteiger partial charge on any atom is 0.277 e. The lowest BCUT2D eigenvalue weighted by atomic mass is 10.1. The molecule has 1 aliphatic rings. The molecule has 1 aliphatic heterocycles. The monoisotopic (exact) mass is 613 g/mol. The average Bonchev–Trinajstić information content (AvgIpc) is 3.51. The number of aliphatic hydroxyl groups excluding tert-OH is 1. The molecular formula is C29H39N7O6S. The van der Waals surface area contributed by atoms with Gasteiger partial charge in [0, 0.05) is 38.3 Å². The van der Waals surface area contributed by atoms with Crippen molar-refractivity contribution in [2.75, 3.05) is 45.9 Å². The highest BCUT2D eigenvalue weighted by Gasteiger charge is 2.30. The van der Waals surface area contributed by atoms with Crippen molar-refractivity contribution in [3.8, 4) is 17.1 Å². The maximum absolute atomic E-state index is 13.7. The number of β-amino-alcohol motifs (C(OH)–C–C–N with tert-alkyl or cyclic N) is 1. The molecule has 0 radical (unpaired) electrons. The lowest BCUT2D eigenvalue weighted by molar-refractivity contribution is 0.151. The van der Waals surface area contributed by atoms with E-state index in [1.165, 1.54) is 16.4 Å². The molecule has 0 aliphatic carbocycles. The van der Waals surface area contributed by atoms with Crippen molar-refractivity contribution in [1.29, 1.82) is 0 Å². The molecule has 0 bridgehead atoms. The van der Waals surface area contributed by atoms with E-state index in [4.69, 9.17) is 19.3 Å². The molecule has 2 N–H and O–H groups in total. The van der Waals surface area contributed by atoms with Crippen LogP contribution < -0.4 is 10.3 Å². The molecule has 1 saturated heterocycles. The molecule has 0 saturated carbocycles. The van der Waals surface area contributed by atoms with E-state index in [0.717, 1.165) is 24.1 Å². The van der Waals surface area contributed by atoms with Gasteiger partial charge in [-0.05, 0) is 44.9 Å². The number of benzene rings is 1. The molecule has 3 aromatic heterocycles. The third-order valence-corrected chi connectivity index (χ3v) is 9.59. The van der Waals surface area contributed by atoms with Crippen LogP contribution in [0.3, 0.4) is 0 Å². The Hall–Kier alpha value is -3.59. The van der Waals surface area contributed by atoms with Crippen LogP contribution in [0, 0.1) is 13.8 Å². The Labute approximate surface area is 250 Å². The zero-order chi connectivity index (χ0) is 30.7. The second kappa shape index (κ2) is 13.0. The van der Waals surface area contributed by atoms with Crippen LogP contribution in [0.2, 0.25) is 0 Å². The van der Waals surface area contributed by atoms with Gasteiger partial charge in [-0.25, -0.2) is 13.4 Å². The summed E-state index contributed by atoms with van der Waals surface area (Å²) in [7, 11) is -3.83. The van der Waals surface area contributed by atoms with E-state index >= 15 is 0 Å². The summed E-state index contributed by atoms with van der Waals surface area (Å²) < 4.78 is 41.8. The largest absolute Gasteiger partial charge is 0.493 e. The standard InChI is InChI=1S/C29H39N7O6S/c1-5-7-24-26-27(36(32-24)18-23-19(3)33-42-20(23)4)29(38)31-28(30-26)22-17-21(8-9-25(22)41-16-6-2)43(39,40)35-12-10-34(11-13-35)14-15-37/h8-9,17,37H,5-7,10-16,18H2,1-4H3,(H,30,31,38). The Balaban J connectivity index is 1.59. The van der Waals surface area contributed by atoms with Gasteiger partial charge in [-0.15, -0.1) is 0 Å². The lowest BCUT2D eigenvalue weighted by Crippen LogP contribution is -2.49. The maximum atomic E-state index is 13.7. The van der Waals surface area contributed by atoms with Gasteiger partial charge < -0.3 is 19.4 Å². The van der Waals surface area contributed by atoms with Gasteiger partial charge in [0.1, 0.15) is 22.9 Å². The predicted octanol–water partition coefficient (Wildman–Crippen LogP) is 2.48. The molecule has 1 fully saturated rings. The van der Waals surface area contributed by atoms with Crippen LogP contribution in [0.15, 0.2) is 32.4 Å². The minimum Gasteiger partial charge on any atom is -0.493 e. The molecule has 232 valence electrons. The summed E-state index contributed by atoms with van der Waals surface area (Å²) in [6.07, 6.45) is 2.15. The number of rotatable bonds is 12. The van der Waals surface area contributed by atoms with Gasteiger partial charge in [-0.3, -0.25) is 14.4 Å². The third kappa shape index (κ3) is 6.23. The van der Waals surface area contributed by atoms with E-state index in [1.807, 2.05) is 32.6 Å². The first kappa shape index (κ1) is 30.9. The fourth-order valence-electron chi connectivity index (χ4n) is 5.35. The van der Waals surface area contributed by atoms with Gasteiger partial charge in [0.2, 0.25) is 10.0 Å². The average molecular weight is 614 g/mol. The second-order valence-electron chi connectivity index (χ2n) is 10.7. The number of nitrogens with one attached hydrogen (secondary N) is 1. The highest BCUT2D eigenvalue weighted by atomic mass is 32.2. The lowest BCUT2D eigenvalue weighted by Gasteiger charge is -2.33. The summed E-state index contributed by atoms with van der Waals surface area (Å²) in [6.45, 7) is 10.6. The van der Waals surface area contributed by atoms with Crippen LogP contribution in [-0.4, -0.2) is 93.6 Å². The van der Waals surface area contributed by atoms with Gasteiger partial charge in [-0.2, -0.15) is 9.40 Å². The Morgan fingerprint density at radius 3 is 2.53 bits per heavy atom. The van der Waals surface area contributed by atoms with E-state index in [-0.39, 0.29) is 17.3 Å². The van der Waals surface area contributed by atoms with Crippen LogP contribution >= 0.6 is 0 Å². The molecule has 0 amide bonds. The van der Waals surface area contributed by atoms with Crippen LogP contribution in [0.1, 0.15) is 49.4 Å². The summed E-state index contributed by atoms with van der Waals surface area (Å²) >= 11 is 0. The molecule has 0 atom stereocenters. The van der Waals surface area contributed by atoms with Crippen molar-refractivity contribution >= 4 is 21.1 Å². The molecule has 1 aromatic carbocycles. The molecule has 43 heavy (non-hydrogen) atoms. The Bertz CT molecular complexity index is 1730. The van der Waals surface area contributed by atoms with E-state index in [1.54, 1.807) is 10.7 Å². The zero-order valence-corrected chi connectivity index (χ0v) is 25.9. The first-order chi connectivity index (χ1) is 20.7. The van der Waals surface area contributed by atoms with E-state index < -0.39 is 15.6 Å². The second-order valence-corrected chi connectivity index (χ2v) is 12.7. The van der Waals surface area contributed by atoms with Gasteiger partial charge in [0.25, 0.3) is 5.56 Å². The predicted molar refractivity (Wildman–Crippen MR) is 161 cm³/mol. The molecular weight excluding hydrogens is 574 g/mol. The van der Waals surface area contributed by atoms with E-state index in [0.29, 0.717) is 86.1 Å². The topological polar surface area (TPSA) is 160 Å². The molecule has 14 heteroatoms.